The molecule has 3 rings (SSSR count). The molecule has 2 fully saturated rings. The monoisotopic (exact) mass is 374 g/mol. The first-order chi connectivity index (χ1) is 11.2. The maximum absolute atomic E-state index is 12.2. The minimum Gasteiger partial charge on any atom is -0.372 e. The third kappa shape index (κ3) is 4.67. The first kappa shape index (κ1) is 19.6. The lowest BCUT2D eigenvalue weighted by Gasteiger charge is -2.38. The molecule has 1 unspecified atom stereocenters. The fourth-order valence-electron chi connectivity index (χ4n) is 2.98. The van der Waals surface area contributed by atoms with Gasteiger partial charge in [-0.05, 0) is 13.8 Å². The fourth-order valence-corrected chi connectivity index (χ4v) is 3.79. The third-order valence-corrected chi connectivity index (χ3v) is 5.59. The summed E-state index contributed by atoms with van der Waals surface area (Å²) in [7, 11) is 0. The molecule has 0 aromatic carbocycles. The third-order valence-electron chi connectivity index (χ3n) is 4.53. The van der Waals surface area contributed by atoms with E-state index < -0.39 is 0 Å². The number of carbonyl (C=O) groups is 1. The second kappa shape index (κ2) is 9.10. The highest BCUT2D eigenvalue weighted by atomic mass is 35.5. The average Bonchev–Trinajstić information content (AvgIpc) is 2.95. The molecule has 2 aliphatic rings. The number of rotatable bonds is 6. The maximum Gasteiger partial charge on any atom is 0.228 e. The van der Waals surface area contributed by atoms with E-state index in [4.69, 9.17) is 9.72 Å². The van der Waals surface area contributed by atoms with Crippen molar-refractivity contribution in [3.05, 3.63) is 16.1 Å². The van der Waals surface area contributed by atoms with Gasteiger partial charge in [0, 0.05) is 57.8 Å². The number of carbonyl (C=O) groups excluding carboxylic acids is 1. The van der Waals surface area contributed by atoms with Crippen molar-refractivity contribution in [2.24, 2.45) is 5.92 Å². The van der Waals surface area contributed by atoms with E-state index in [1.807, 2.05) is 18.7 Å². The number of nitrogens with zero attached hydrogens (tertiary/aromatic N) is 3. The van der Waals surface area contributed by atoms with Crippen molar-refractivity contribution in [3.63, 3.8) is 0 Å². The van der Waals surface area contributed by atoms with Crippen molar-refractivity contribution in [3.8, 4) is 0 Å². The van der Waals surface area contributed by atoms with Gasteiger partial charge in [0.1, 0.15) is 11.1 Å². The van der Waals surface area contributed by atoms with Crippen molar-refractivity contribution < 1.29 is 9.53 Å². The number of halogens is 1. The Bertz CT molecular complexity index is 530. The summed E-state index contributed by atoms with van der Waals surface area (Å²) in [6.07, 6.45) is 0.0734. The highest BCUT2D eigenvalue weighted by Gasteiger charge is 2.31. The molecule has 2 saturated heterocycles. The van der Waals surface area contributed by atoms with Crippen LogP contribution in [0, 0.1) is 5.92 Å². The van der Waals surface area contributed by atoms with Crippen LogP contribution < -0.4 is 5.32 Å². The molecule has 2 aliphatic heterocycles. The second-order valence-corrected chi connectivity index (χ2v) is 7.12. The van der Waals surface area contributed by atoms with E-state index in [0.29, 0.717) is 12.5 Å². The number of piperazine rings is 1. The van der Waals surface area contributed by atoms with Crippen LogP contribution in [0.5, 0.6) is 0 Å². The van der Waals surface area contributed by atoms with E-state index in [2.05, 4.69) is 15.6 Å². The first-order valence-corrected chi connectivity index (χ1v) is 9.33. The summed E-state index contributed by atoms with van der Waals surface area (Å²) < 4.78 is 5.60. The van der Waals surface area contributed by atoms with Crippen LogP contribution in [0.4, 0.5) is 0 Å². The number of ether oxygens (including phenoxy) is 1. The number of hydrogen-bond acceptors (Lipinski definition) is 6. The van der Waals surface area contributed by atoms with Gasteiger partial charge >= 0.3 is 0 Å². The summed E-state index contributed by atoms with van der Waals surface area (Å²) in [6.45, 7) is 10.8. The van der Waals surface area contributed by atoms with Crippen LogP contribution >= 0.6 is 23.7 Å². The quantitative estimate of drug-likeness (QED) is 0.818. The minimum atomic E-state index is 0. The highest BCUT2D eigenvalue weighted by Crippen LogP contribution is 2.22. The molecule has 1 aromatic heterocycles. The molecule has 0 saturated carbocycles. The average molecular weight is 375 g/mol. The maximum atomic E-state index is 12.2. The van der Waals surface area contributed by atoms with Crippen molar-refractivity contribution in [2.45, 2.75) is 26.5 Å². The van der Waals surface area contributed by atoms with Gasteiger partial charge in [0.2, 0.25) is 5.91 Å². The molecular weight excluding hydrogens is 348 g/mol. The van der Waals surface area contributed by atoms with Crippen molar-refractivity contribution in [1.29, 1.82) is 0 Å². The molecule has 8 heteroatoms. The second-order valence-electron chi connectivity index (χ2n) is 6.23. The molecule has 0 bridgehead atoms. The molecule has 1 N–H and O–H groups in total. The Morgan fingerprint density at radius 3 is 2.71 bits per heavy atom. The van der Waals surface area contributed by atoms with Gasteiger partial charge in [-0.2, -0.15) is 0 Å². The molecule has 1 atom stereocenters. The summed E-state index contributed by atoms with van der Waals surface area (Å²) >= 11 is 1.67. The smallest absolute Gasteiger partial charge is 0.228 e. The fraction of sp³-hybridized carbons (Fsp3) is 0.750. The Hall–Kier alpha value is -0.730. The van der Waals surface area contributed by atoms with Crippen LogP contribution in [0.25, 0.3) is 0 Å². The zero-order chi connectivity index (χ0) is 16.2. The lowest BCUT2D eigenvalue weighted by molar-refractivity contribution is -0.138. The highest BCUT2D eigenvalue weighted by molar-refractivity contribution is 7.09. The van der Waals surface area contributed by atoms with E-state index in [9.17, 15) is 4.79 Å². The molecule has 24 heavy (non-hydrogen) atoms. The Balaban J connectivity index is 0.00000208. The van der Waals surface area contributed by atoms with Gasteiger partial charge in [0.05, 0.1) is 11.6 Å². The summed E-state index contributed by atoms with van der Waals surface area (Å²) in [5.41, 5.74) is 1.11. The van der Waals surface area contributed by atoms with E-state index in [1.54, 1.807) is 11.3 Å². The van der Waals surface area contributed by atoms with Crippen LogP contribution in [0.15, 0.2) is 5.38 Å². The lowest BCUT2D eigenvalue weighted by Crippen LogP contribution is -2.56. The Kier molecular flexibility index (Phi) is 7.43. The number of aromatic nitrogens is 1. The Labute approximate surface area is 154 Å². The molecule has 1 aromatic rings. The van der Waals surface area contributed by atoms with Gasteiger partial charge in [-0.25, -0.2) is 4.98 Å². The predicted octanol–water partition coefficient (Wildman–Crippen LogP) is 1.53. The van der Waals surface area contributed by atoms with Crippen molar-refractivity contribution in [2.75, 3.05) is 45.9 Å². The Morgan fingerprint density at radius 1 is 1.42 bits per heavy atom. The summed E-state index contributed by atoms with van der Waals surface area (Å²) in [4.78, 5) is 21.3. The summed E-state index contributed by atoms with van der Waals surface area (Å²) in [6, 6.07) is 0. The molecule has 1 amide bonds. The number of nitrogens with one attached hydrogen (secondary N) is 1. The van der Waals surface area contributed by atoms with Crippen LogP contribution in [-0.2, 0) is 16.1 Å². The minimum absolute atomic E-state index is 0. The zero-order valence-electron chi connectivity index (χ0n) is 14.4. The van der Waals surface area contributed by atoms with Crippen LogP contribution in [0.2, 0.25) is 0 Å². The lowest BCUT2D eigenvalue weighted by atomic mass is 10.0. The van der Waals surface area contributed by atoms with Gasteiger partial charge < -0.3 is 15.0 Å². The standard InChI is InChI=1S/C16H26N4O2S.ClH/c1-3-22-12(2)15-18-14(11-23-15)10-19-4-6-20(7-5-19)16(21)13-8-17-9-13;/h11-13,17H,3-10H2,1-2H3;1H. The molecule has 0 spiro atoms. The summed E-state index contributed by atoms with van der Waals surface area (Å²) in [5.74, 6) is 0.535. The largest absolute Gasteiger partial charge is 0.372 e. The van der Waals surface area contributed by atoms with E-state index in [-0.39, 0.29) is 24.4 Å². The predicted molar refractivity (Wildman–Crippen MR) is 97.6 cm³/mol. The molecular formula is C16H27ClN4O2S. The van der Waals surface area contributed by atoms with Gasteiger partial charge in [0.25, 0.3) is 0 Å². The SMILES string of the molecule is CCOC(C)c1nc(CN2CCN(C(=O)C3CNC3)CC2)cs1.Cl. The van der Waals surface area contributed by atoms with Gasteiger partial charge in [-0.15, -0.1) is 23.7 Å². The van der Waals surface area contributed by atoms with Gasteiger partial charge in [0.15, 0.2) is 0 Å². The number of thiazole rings is 1. The topological polar surface area (TPSA) is 57.7 Å². The van der Waals surface area contributed by atoms with E-state index in [0.717, 1.165) is 56.5 Å². The van der Waals surface area contributed by atoms with E-state index >= 15 is 0 Å². The van der Waals surface area contributed by atoms with Crippen molar-refractivity contribution >= 4 is 29.7 Å². The van der Waals surface area contributed by atoms with E-state index in [1.165, 1.54) is 0 Å². The zero-order valence-corrected chi connectivity index (χ0v) is 16.0. The number of amides is 1. The number of hydrogen-bond donors (Lipinski definition) is 1. The normalized spacial score (nSPS) is 20.3. The molecule has 136 valence electrons. The van der Waals surface area contributed by atoms with Gasteiger partial charge in [-0.3, -0.25) is 9.69 Å². The Morgan fingerprint density at radius 2 is 2.12 bits per heavy atom. The molecule has 3 heterocycles. The molecule has 0 aliphatic carbocycles. The molecule has 0 radical (unpaired) electrons. The van der Waals surface area contributed by atoms with Crippen molar-refractivity contribution in [1.82, 2.24) is 20.1 Å². The van der Waals surface area contributed by atoms with Crippen LogP contribution in [0.3, 0.4) is 0 Å². The summed E-state index contributed by atoms with van der Waals surface area (Å²) in [5, 5.41) is 6.34. The van der Waals surface area contributed by atoms with Crippen LogP contribution in [0.1, 0.15) is 30.7 Å². The van der Waals surface area contributed by atoms with Crippen LogP contribution in [-0.4, -0.2) is 66.6 Å². The first-order valence-electron chi connectivity index (χ1n) is 8.45. The van der Waals surface area contributed by atoms with Gasteiger partial charge in [-0.1, -0.05) is 0 Å². The molecule has 6 nitrogen and oxygen atoms in total.